The Labute approximate surface area is 108 Å². The number of thioether (sulfide) groups is 1. The SMILES string of the molecule is CC1(C)CCC2(NCCCS2)c2ccccc21. The lowest BCUT2D eigenvalue weighted by atomic mass is 9.70. The Morgan fingerprint density at radius 1 is 1.12 bits per heavy atom. The van der Waals surface area contributed by atoms with E-state index >= 15 is 0 Å². The minimum Gasteiger partial charge on any atom is -0.299 e. The van der Waals surface area contributed by atoms with Crippen molar-refractivity contribution in [2.45, 2.75) is 43.4 Å². The summed E-state index contributed by atoms with van der Waals surface area (Å²) in [6.07, 6.45) is 3.85. The molecule has 17 heavy (non-hydrogen) atoms. The smallest absolute Gasteiger partial charge is 0.0904 e. The zero-order chi connectivity index (χ0) is 11.9. The van der Waals surface area contributed by atoms with Crippen LogP contribution in [0.25, 0.3) is 0 Å². The van der Waals surface area contributed by atoms with E-state index in [-0.39, 0.29) is 4.87 Å². The number of hydrogen-bond acceptors (Lipinski definition) is 2. The summed E-state index contributed by atoms with van der Waals surface area (Å²) in [7, 11) is 0. The zero-order valence-corrected chi connectivity index (χ0v) is 11.6. The molecule has 1 nitrogen and oxygen atoms in total. The molecule has 3 rings (SSSR count). The first-order valence-electron chi connectivity index (χ1n) is 6.63. The average molecular weight is 247 g/mol. The molecule has 1 aliphatic carbocycles. The van der Waals surface area contributed by atoms with Gasteiger partial charge in [-0.05, 0) is 48.1 Å². The number of benzene rings is 1. The highest BCUT2D eigenvalue weighted by molar-refractivity contribution is 8.00. The van der Waals surface area contributed by atoms with Gasteiger partial charge in [0, 0.05) is 0 Å². The van der Waals surface area contributed by atoms with Gasteiger partial charge in [0.25, 0.3) is 0 Å². The van der Waals surface area contributed by atoms with Gasteiger partial charge in [-0.25, -0.2) is 0 Å². The van der Waals surface area contributed by atoms with E-state index in [4.69, 9.17) is 0 Å². The van der Waals surface area contributed by atoms with Gasteiger partial charge < -0.3 is 0 Å². The summed E-state index contributed by atoms with van der Waals surface area (Å²) in [5.74, 6) is 1.29. The van der Waals surface area contributed by atoms with Gasteiger partial charge in [-0.15, -0.1) is 11.8 Å². The molecule has 2 heteroatoms. The summed E-state index contributed by atoms with van der Waals surface area (Å²) in [5, 5.41) is 3.79. The molecule has 1 saturated heterocycles. The Balaban J connectivity index is 2.10. The van der Waals surface area contributed by atoms with E-state index in [0.29, 0.717) is 5.41 Å². The average Bonchev–Trinajstić information content (AvgIpc) is 2.37. The molecule has 0 amide bonds. The molecule has 1 unspecified atom stereocenters. The summed E-state index contributed by atoms with van der Waals surface area (Å²) < 4.78 is 0. The molecule has 0 aromatic heterocycles. The van der Waals surface area contributed by atoms with Crippen molar-refractivity contribution in [3.63, 3.8) is 0 Å². The highest BCUT2D eigenvalue weighted by atomic mass is 32.2. The number of rotatable bonds is 0. The largest absolute Gasteiger partial charge is 0.299 e. The van der Waals surface area contributed by atoms with Crippen molar-refractivity contribution in [1.29, 1.82) is 0 Å². The van der Waals surface area contributed by atoms with Crippen LogP contribution in [0.5, 0.6) is 0 Å². The summed E-state index contributed by atoms with van der Waals surface area (Å²) in [5.41, 5.74) is 3.43. The lowest BCUT2D eigenvalue weighted by Gasteiger charge is -2.47. The normalized spacial score (nSPS) is 31.2. The van der Waals surface area contributed by atoms with Crippen LogP contribution in [-0.4, -0.2) is 12.3 Å². The third kappa shape index (κ3) is 1.82. The fourth-order valence-electron chi connectivity index (χ4n) is 3.18. The van der Waals surface area contributed by atoms with Gasteiger partial charge in [0.15, 0.2) is 0 Å². The first kappa shape index (κ1) is 11.6. The van der Waals surface area contributed by atoms with E-state index in [9.17, 15) is 0 Å². The minimum atomic E-state index is 0.213. The second-order valence-corrected chi connectivity index (χ2v) is 7.28. The molecule has 0 bridgehead atoms. The van der Waals surface area contributed by atoms with E-state index in [1.807, 2.05) is 0 Å². The van der Waals surface area contributed by atoms with Crippen LogP contribution in [0, 0.1) is 0 Å². The van der Waals surface area contributed by atoms with Crippen LogP contribution >= 0.6 is 11.8 Å². The quantitative estimate of drug-likeness (QED) is 0.751. The topological polar surface area (TPSA) is 12.0 Å². The summed E-state index contributed by atoms with van der Waals surface area (Å²) in [6.45, 7) is 5.93. The third-order valence-corrected chi connectivity index (χ3v) is 5.83. The second kappa shape index (κ2) is 4.03. The van der Waals surface area contributed by atoms with Crippen molar-refractivity contribution in [2.75, 3.05) is 12.3 Å². The molecule has 0 radical (unpaired) electrons. The number of nitrogens with one attached hydrogen (secondary N) is 1. The van der Waals surface area contributed by atoms with Crippen molar-refractivity contribution in [1.82, 2.24) is 5.32 Å². The Kier molecular flexibility index (Phi) is 2.75. The lowest BCUT2D eigenvalue weighted by molar-refractivity contribution is 0.327. The van der Waals surface area contributed by atoms with Gasteiger partial charge in [0.05, 0.1) is 4.87 Å². The molecular formula is C15H21NS. The maximum absolute atomic E-state index is 3.79. The lowest BCUT2D eigenvalue weighted by Crippen LogP contribution is -2.48. The monoisotopic (exact) mass is 247 g/mol. The Bertz CT molecular complexity index is 419. The molecule has 1 spiro atoms. The number of fused-ring (bicyclic) bond motifs is 2. The van der Waals surface area contributed by atoms with Crippen LogP contribution in [-0.2, 0) is 10.3 Å². The van der Waals surface area contributed by atoms with Crippen LogP contribution in [0.4, 0.5) is 0 Å². The van der Waals surface area contributed by atoms with E-state index < -0.39 is 0 Å². The van der Waals surface area contributed by atoms with Gasteiger partial charge >= 0.3 is 0 Å². The Hall–Kier alpha value is -0.470. The maximum Gasteiger partial charge on any atom is 0.0904 e. The maximum atomic E-state index is 3.79. The molecule has 1 heterocycles. The molecule has 1 N–H and O–H groups in total. The summed E-state index contributed by atoms with van der Waals surface area (Å²) in [6, 6.07) is 9.04. The number of hydrogen-bond donors (Lipinski definition) is 1. The van der Waals surface area contributed by atoms with E-state index in [1.54, 1.807) is 11.1 Å². The van der Waals surface area contributed by atoms with Gasteiger partial charge in [-0.1, -0.05) is 38.1 Å². The second-order valence-electron chi connectivity index (χ2n) is 5.89. The molecule has 1 aromatic carbocycles. The molecule has 2 aliphatic rings. The molecule has 1 fully saturated rings. The van der Waals surface area contributed by atoms with E-state index in [2.05, 4.69) is 55.2 Å². The molecule has 1 aromatic rings. The zero-order valence-electron chi connectivity index (χ0n) is 10.8. The van der Waals surface area contributed by atoms with Crippen molar-refractivity contribution in [3.05, 3.63) is 35.4 Å². The van der Waals surface area contributed by atoms with E-state index in [1.165, 1.54) is 31.6 Å². The van der Waals surface area contributed by atoms with Gasteiger partial charge in [-0.3, -0.25) is 5.32 Å². The van der Waals surface area contributed by atoms with Crippen LogP contribution in [0.3, 0.4) is 0 Å². The van der Waals surface area contributed by atoms with Crippen molar-refractivity contribution in [3.8, 4) is 0 Å². The van der Waals surface area contributed by atoms with Gasteiger partial charge in [0.1, 0.15) is 0 Å². The first-order chi connectivity index (χ1) is 8.14. The Morgan fingerprint density at radius 3 is 2.59 bits per heavy atom. The molecular weight excluding hydrogens is 226 g/mol. The molecule has 92 valence electrons. The fraction of sp³-hybridized carbons (Fsp3) is 0.600. The fourth-order valence-corrected chi connectivity index (χ4v) is 4.60. The minimum absolute atomic E-state index is 0.213. The van der Waals surface area contributed by atoms with Crippen LogP contribution in [0.15, 0.2) is 24.3 Å². The Morgan fingerprint density at radius 2 is 1.88 bits per heavy atom. The van der Waals surface area contributed by atoms with Crippen LogP contribution in [0.2, 0.25) is 0 Å². The standard InChI is InChI=1S/C15H21NS/c1-14(2)8-9-15(16-10-5-11-17-15)13-7-4-3-6-12(13)14/h3-4,6-7,16H,5,8-11H2,1-2H3. The van der Waals surface area contributed by atoms with Gasteiger partial charge in [-0.2, -0.15) is 0 Å². The highest BCUT2D eigenvalue weighted by Crippen LogP contribution is 2.50. The molecule has 1 atom stereocenters. The van der Waals surface area contributed by atoms with Crippen LogP contribution in [0.1, 0.15) is 44.2 Å². The third-order valence-electron chi connectivity index (χ3n) is 4.27. The predicted molar refractivity (Wildman–Crippen MR) is 75.5 cm³/mol. The van der Waals surface area contributed by atoms with E-state index in [0.717, 1.165) is 0 Å². The molecule has 0 saturated carbocycles. The van der Waals surface area contributed by atoms with Gasteiger partial charge in [0.2, 0.25) is 0 Å². The summed E-state index contributed by atoms with van der Waals surface area (Å²) in [4.78, 5) is 0.213. The van der Waals surface area contributed by atoms with Crippen molar-refractivity contribution in [2.24, 2.45) is 0 Å². The van der Waals surface area contributed by atoms with Crippen molar-refractivity contribution < 1.29 is 0 Å². The van der Waals surface area contributed by atoms with Crippen LogP contribution < -0.4 is 5.32 Å². The molecule has 1 aliphatic heterocycles. The highest BCUT2D eigenvalue weighted by Gasteiger charge is 2.43. The summed E-state index contributed by atoms with van der Waals surface area (Å²) >= 11 is 2.12. The van der Waals surface area contributed by atoms with Crippen molar-refractivity contribution >= 4 is 11.8 Å². The predicted octanol–water partition coefficient (Wildman–Crippen LogP) is 3.64. The first-order valence-corrected chi connectivity index (χ1v) is 7.62.